The number of benzene rings is 2. The van der Waals surface area contributed by atoms with Gasteiger partial charge in [0.1, 0.15) is 5.82 Å². The van der Waals surface area contributed by atoms with Crippen LogP contribution in [0.2, 0.25) is 0 Å². The number of hydrogen-bond donors (Lipinski definition) is 1. The van der Waals surface area contributed by atoms with Crippen molar-refractivity contribution in [3.8, 4) is 0 Å². The Labute approximate surface area is 118 Å². The van der Waals surface area contributed by atoms with Gasteiger partial charge in [-0.3, -0.25) is 0 Å². The maximum absolute atomic E-state index is 13.9. The summed E-state index contributed by atoms with van der Waals surface area (Å²) in [5.41, 5.74) is 6.88. The van der Waals surface area contributed by atoms with Gasteiger partial charge in [-0.15, -0.1) is 0 Å². The molecular formula is C15H16FNO2S. The number of aryl methyl sites for hydroxylation is 1. The Morgan fingerprint density at radius 2 is 1.85 bits per heavy atom. The lowest BCUT2D eigenvalue weighted by Gasteiger charge is -2.09. The van der Waals surface area contributed by atoms with Gasteiger partial charge in [-0.25, -0.2) is 12.8 Å². The predicted octanol–water partition coefficient (Wildman–Crippen LogP) is 2.57. The average molecular weight is 293 g/mol. The Balaban J connectivity index is 2.36. The van der Waals surface area contributed by atoms with Crippen molar-refractivity contribution >= 4 is 9.84 Å². The van der Waals surface area contributed by atoms with Crippen molar-refractivity contribution < 1.29 is 12.8 Å². The fourth-order valence-corrected chi connectivity index (χ4v) is 3.67. The van der Waals surface area contributed by atoms with Gasteiger partial charge in [0.25, 0.3) is 0 Å². The van der Waals surface area contributed by atoms with Crippen molar-refractivity contribution in [2.75, 3.05) is 0 Å². The molecule has 5 heteroatoms. The Bertz CT molecular complexity index is 726. The fraction of sp³-hybridized carbons (Fsp3) is 0.200. The summed E-state index contributed by atoms with van der Waals surface area (Å²) in [6.07, 6.45) is 0. The van der Waals surface area contributed by atoms with Crippen molar-refractivity contribution in [3.05, 3.63) is 65.0 Å². The summed E-state index contributed by atoms with van der Waals surface area (Å²) in [5, 5.41) is 0. The summed E-state index contributed by atoms with van der Waals surface area (Å²) >= 11 is 0. The van der Waals surface area contributed by atoms with E-state index in [1.807, 2.05) is 0 Å². The molecule has 0 fully saturated rings. The molecule has 106 valence electrons. The van der Waals surface area contributed by atoms with Gasteiger partial charge in [-0.2, -0.15) is 0 Å². The molecule has 0 saturated heterocycles. The van der Waals surface area contributed by atoms with Crippen LogP contribution in [0, 0.1) is 12.7 Å². The number of sulfone groups is 1. The molecule has 2 rings (SSSR count). The van der Waals surface area contributed by atoms with E-state index in [9.17, 15) is 12.8 Å². The van der Waals surface area contributed by atoms with Crippen LogP contribution < -0.4 is 5.73 Å². The van der Waals surface area contributed by atoms with Crippen LogP contribution in [0.3, 0.4) is 0 Å². The third-order valence-corrected chi connectivity index (χ3v) is 4.95. The fourth-order valence-electron chi connectivity index (χ4n) is 2.02. The first-order chi connectivity index (χ1) is 9.44. The van der Waals surface area contributed by atoms with Crippen molar-refractivity contribution in [1.82, 2.24) is 0 Å². The van der Waals surface area contributed by atoms with E-state index in [0.717, 1.165) is 0 Å². The third-order valence-electron chi connectivity index (χ3n) is 3.13. The molecule has 20 heavy (non-hydrogen) atoms. The van der Waals surface area contributed by atoms with E-state index in [2.05, 4.69) is 0 Å². The molecule has 0 bridgehead atoms. The highest BCUT2D eigenvalue weighted by Crippen LogP contribution is 2.21. The zero-order valence-corrected chi connectivity index (χ0v) is 12.0. The molecule has 0 amide bonds. The van der Waals surface area contributed by atoms with E-state index in [1.165, 1.54) is 18.2 Å². The zero-order chi connectivity index (χ0) is 14.8. The van der Waals surface area contributed by atoms with Crippen LogP contribution in [0.25, 0.3) is 0 Å². The summed E-state index contributed by atoms with van der Waals surface area (Å²) in [7, 11) is -3.56. The Kier molecular flexibility index (Phi) is 4.20. The van der Waals surface area contributed by atoms with Crippen molar-refractivity contribution in [2.24, 2.45) is 5.73 Å². The summed E-state index contributed by atoms with van der Waals surface area (Å²) in [6.45, 7) is 1.95. The average Bonchev–Trinajstić information content (AvgIpc) is 2.41. The molecule has 0 spiro atoms. The van der Waals surface area contributed by atoms with Crippen LogP contribution in [0.4, 0.5) is 4.39 Å². The smallest absolute Gasteiger partial charge is 0.182 e. The monoisotopic (exact) mass is 293 g/mol. The first-order valence-corrected chi connectivity index (χ1v) is 7.85. The molecule has 3 nitrogen and oxygen atoms in total. The van der Waals surface area contributed by atoms with E-state index in [-0.39, 0.29) is 22.8 Å². The van der Waals surface area contributed by atoms with Gasteiger partial charge in [-0.05, 0) is 30.2 Å². The van der Waals surface area contributed by atoms with E-state index >= 15 is 0 Å². The van der Waals surface area contributed by atoms with Crippen molar-refractivity contribution in [2.45, 2.75) is 24.1 Å². The van der Waals surface area contributed by atoms with Gasteiger partial charge in [0, 0.05) is 12.1 Å². The van der Waals surface area contributed by atoms with Crippen molar-refractivity contribution in [3.63, 3.8) is 0 Å². The Morgan fingerprint density at radius 3 is 2.45 bits per heavy atom. The van der Waals surface area contributed by atoms with E-state index < -0.39 is 15.7 Å². The van der Waals surface area contributed by atoms with Crippen LogP contribution >= 0.6 is 0 Å². The zero-order valence-electron chi connectivity index (χ0n) is 11.1. The number of nitrogens with two attached hydrogens (primary N) is 1. The minimum atomic E-state index is -3.56. The first-order valence-electron chi connectivity index (χ1n) is 6.20. The minimum Gasteiger partial charge on any atom is -0.326 e. The second-order valence-corrected chi connectivity index (χ2v) is 6.61. The highest BCUT2D eigenvalue weighted by atomic mass is 32.2. The molecule has 0 aromatic heterocycles. The van der Waals surface area contributed by atoms with Crippen LogP contribution in [0.5, 0.6) is 0 Å². The Hall–Kier alpha value is -1.72. The topological polar surface area (TPSA) is 60.2 Å². The van der Waals surface area contributed by atoms with Gasteiger partial charge in [0.2, 0.25) is 0 Å². The summed E-state index contributed by atoms with van der Waals surface area (Å²) in [4.78, 5) is 0.238. The first kappa shape index (κ1) is 14.7. The molecule has 0 saturated carbocycles. The molecule has 0 unspecified atom stereocenters. The second kappa shape index (κ2) is 5.73. The molecule has 2 aromatic rings. The second-order valence-electron chi connectivity index (χ2n) is 4.65. The van der Waals surface area contributed by atoms with Gasteiger partial charge in [0.05, 0.1) is 10.6 Å². The van der Waals surface area contributed by atoms with Gasteiger partial charge in [0.15, 0.2) is 9.84 Å². The third kappa shape index (κ3) is 3.05. The molecule has 0 atom stereocenters. The molecule has 2 aromatic carbocycles. The van der Waals surface area contributed by atoms with E-state index in [0.29, 0.717) is 11.1 Å². The molecule has 0 radical (unpaired) electrons. The lowest BCUT2D eigenvalue weighted by Crippen LogP contribution is -2.08. The number of hydrogen-bond acceptors (Lipinski definition) is 3. The molecule has 0 aliphatic heterocycles. The Morgan fingerprint density at radius 1 is 1.15 bits per heavy atom. The number of halogens is 1. The molecule has 2 N–H and O–H groups in total. The summed E-state index contributed by atoms with van der Waals surface area (Å²) in [6, 6.07) is 11.1. The molecule has 0 heterocycles. The maximum Gasteiger partial charge on any atom is 0.182 e. The normalized spacial score (nSPS) is 11.6. The van der Waals surface area contributed by atoms with Crippen LogP contribution in [0.1, 0.15) is 16.7 Å². The van der Waals surface area contributed by atoms with Crippen LogP contribution in [-0.4, -0.2) is 8.42 Å². The van der Waals surface area contributed by atoms with Crippen molar-refractivity contribution in [1.29, 1.82) is 0 Å². The van der Waals surface area contributed by atoms with Gasteiger partial charge < -0.3 is 5.73 Å². The standard InChI is InChI=1S/C15H16FNO2S/c1-11-4-2-3-5-15(11)20(18,19)10-13-7-6-12(9-17)8-14(13)16/h2-8H,9-10,17H2,1H3. The van der Waals surface area contributed by atoms with Gasteiger partial charge in [-0.1, -0.05) is 30.3 Å². The van der Waals surface area contributed by atoms with E-state index in [1.54, 1.807) is 31.2 Å². The van der Waals surface area contributed by atoms with Crippen LogP contribution in [-0.2, 0) is 22.1 Å². The summed E-state index contributed by atoms with van der Waals surface area (Å²) < 4.78 is 38.5. The molecule has 0 aliphatic rings. The SMILES string of the molecule is Cc1ccccc1S(=O)(=O)Cc1ccc(CN)cc1F. The highest BCUT2D eigenvalue weighted by molar-refractivity contribution is 7.90. The minimum absolute atomic E-state index is 0.158. The number of rotatable bonds is 4. The molecule has 0 aliphatic carbocycles. The lowest BCUT2D eigenvalue weighted by molar-refractivity contribution is 0.586. The molecular weight excluding hydrogens is 277 g/mol. The lowest BCUT2D eigenvalue weighted by atomic mass is 10.1. The highest BCUT2D eigenvalue weighted by Gasteiger charge is 2.19. The summed E-state index contributed by atoms with van der Waals surface area (Å²) in [5.74, 6) is -0.890. The van der Waals surface area contributed by atoms with Crippen LogP contribution in [0.15, 0.2) is 47.4 Å². The largest absolute Gasteiger partial charge is 0.326 e. The quantitative estimate of drug-likeness (QED) is 0.942. The maximum atomic E-state index is 13.9. The van der Waals surface area contributed by atoms with E-state index in [4.69, 9.17) is 5.73 Å². The predicted molar refractivity (Wildman–Crippen MR) is 76.4 cm³/mol. The van der Waals surface area contributed by atoms with Gasteiger partial charge >= 0.3 is 0 Å².